The lowest BCUT2D eigenvalue weighted by atomic mass is 10.2. The number of benzene rings is 2. The maximum atomic E-state index is 13.0. The third kappa shape index (κ3) is 3.61. The minimum absolute atomic E-state index is 0.268. The van der Waals surface area contributed by atoms with Crippen molar-refractivity contribution in [3.63, 3.8) is 0 Å². The van der Waals surface area contributed by atoms with Crippen molar-refractivity contribution in [2.75, 3.05) is 12.4 Å². The number of halogens is 3. The van der Waals surface area contributed by atoms with Crippen LogP contribution in [0, 0.1) is 5.82 Å². The first kappa shape index (κ1) is 14.2. The molecular formula is C14H12BrClFNO. The van der Waals surface area contributed by atoms with E-state index in [9.17, 15) is 4.39 Å². The molecule has 0 heterocycles. The highest BCUT2D eigenvalue weighted by molar-refractivity contribution is 9.10. The number of hydrogen-bond acceptors (Lipinski definition) is 2. The Morgan fingerprint density at radius 2 is 2.05 bits per heavy atom. The van der Waals surface area contributed by atoms with Crippen molar-refractivity contribution in [2.24, 2.45) is 0 Å². The molecule has 5 heteroatoms. The van der Waals surface area contributed by atoms with Gasteiger partial charge in [-0.3, -0.25) is 0 Å². The summed E-state index contributed by atoms with van der Waals surface area (Å²) in [6.07, 6.45) is 0. The van der Waals surface area contributed by atoms with E-state index in [1.807, 2.05) is 6.07 Å². The molecular weight excluding hydrogens is 333 g/mol. The number of anilines is 1. The Bertz CT molecular complexity index is 592. The van der Waals surface area contributed by atoms with E-state index in [-0.39, 0.29) is 5.82 Å². The van der Waals surface area contributed by atoms with E-state index in [4.69, 9.17) is 16.3 Å². The van der Waals surface area contributed by atoms with Gasteiger partial charge >= 0.3 is 0 Å². The second-order valence-corrected chi connectivity index (χ2v) is 5.20. The summed E-state index contributed by atoms with van der Waals surface area (Å²) < 4.78 is 18.9. The van der Waals surface area contributed by atoms with Crippen molar-refractivity contribution in [1.82, 2.24) is 0 Å². The Kier molecular flexibility index (Phi) is 4.66. The Labute approximate surface area is 124 Å². The Morgan fingerprint density at radius 1 is 1.26 bits per heavy atom. The molecule has 0 spiro atoms. The molecule has 0 saturated heterocycles. The lowest BCUT2D eigenvalue weighted by molar-refractivity contribution is 0.415. The third-order valence-corrected chi connectivity index (χ3v) is 3.73. The van der Waals surface area contributed by atoms with E-state index < -0.39 is 0 Å². The number of rotatable bonds is 4. The summed E-state index contributed by atoms with van der Waals surface area (Å²) in [7, 11) is 1.60. The molecule has 0 bridgehead atoms. The van der Waals surface area contributed by atoms with Gasteiger partial charge in [0.15, 0.2) is 0 Å². The van der Waals surface area contributed by atoms with E-state index >= 15 is 0 Å². The highest BCUT2D eigenvalue weighted by Gasteiger charge is 2.05. The standard InChI is InChI=1S/C14H12BrClFNO/c1-19-11-4-5-13(16)14(7-11)18-8-9-2-3-10(17)6-12(9)15/h2-7,18H,8H2,1H3. The number of ether oxygens (including phenoxy) is 1. The van der Waals surface area contributed by atoms with Crippen LogP contribution in [-0.4, -0.2) is 7.11 Å². The van der Waals surface area contributed by atoms with Gasteiger partial charge in [-0.1, -0.05) is 33.6 Å². The zero-order valence-electron chi connectivity index (χ0n) is 10.2. The first-order chi connectivity index (χ1) is 9.10. The summed E-state index contributed by atoms with van der Waals surface area (Å²) in [4.78, 5) is 0. The van der Waals surface area contributed by atoms with Crippen LogP contribution in [0.15, 0.2) is 40.9 Å². The van der Waals surface area contributed by atoms with Gasteiger partial charge in [-0.25, -0.2) is 4.39 Å². The second-order valence-electron chi connectivity index (χ2n) is 3.94. The summed E-state index contributed by atoms with van der Waals surface area (Å²) >= 11 is 9.42. The molecule has 0 aliphatic rings. The smallest absolute Gasteiger partial charge is 0.124 e. The van der Waals surface area contributed by atoms with E-state index in [0.717, 1.165) is 21.5 Å². The maximum absolute atomic E-state index is 13.0. The molecule has 2 nitrogen and oxygen atoms in total. The van der Waals surface area contributed by atoms with Gasteiger partial charge in [0.25, 0.3) is 0 Å². The summed E-state index contributed by atoms with van der Waals surface area (Å²) in [5, 5.41) is 3.81. The minimum atomic E-state index is -0.268. The predicted octanol–water partition coefficient (Wildman–Crippen LogP) is 4.86. The zero-order valence-corrected chi connectivity index (χ0v) is 12.6. The quantitative estimate of drug-likeness (QED) is 0.855. The molecule has 2 aromatic carbocycles. The lowest BCUT2D eigenvalue weighted by Gasteiger charge is -2.11. The van der Waals surface area contributed by atoms with Crippen molar-refractivity contribution in [3.05, 3.63) is 57.3 Å². The van der Waals surface area contributed by atoms with Crippen molar-refractivity contribution >= 4 is 33.2 Å². The van der Waals surface area contributed by atoms with Crippen LogP contribution in [0.4, 0.5) is 10.1 Å². The molecule has 0 unspecified atom stereocenters. The highest BCUT2D eigenvalue weighted by atomic mass is 79.9. The van der Waals surface area contributed by atoms with E-state index in [2.05, 4.69) is 21.2 Å². The van der Waals surface area contributed by atoms with Crippen LogP contribution in [0.5, 0.6) is 5.75 Å². The van der Waals surface area contributed by atoms with Crippen molar-refractivity contribution in [1.29, 1.82) is 0 Å². The van der Waals surface area contributed by atoms with Gasteiger partial charge in [-0.2, -0.15) is 0 Å². The van der Waals surface area contributed by atoms with Crippen molar-refractivity contribution < 1.29 is 9.13 Å². The van der Waals surface area contributed by atoms with E-state index in [0.29, 0.717) is 11.6 Å². The molecule has 100 valence electrons. The van der Waals surface area contributed by atoms with Gasteiger partial charge in [0, 0.05) is 17.1 Å². The van der Waals surface area contributed by atoms with Crippen LogP contribution in [0.25, 0.3) is 0 Å². The van der Waals surface area contributed by atoms with Crippen LogP contribution in [0.2, 0.25) is 5.02 Å². The van der Waals surface area contributed by atoms with Crippen LogP contribution < -0.4 is 10.1 Å². The van der Waals surface area contributed by atoms with Crippen molar-refractivity contribution in [2.45, 2.75) is 6.54 Å². The molecule has 0 aliphatic carbocycles. The van der Waals surface area contributed by atoms with Crippen LogP contribution in [0.1, 0.15) is 5.56 Å². The maximum Gasteiger partial charge on any atom is 0.124 e. The zero-order chi connectivity index (χ0) is 13.8. The lowest BCUT2D eigenvalue weighted by Crippen LogP contribution is -2.01. The minimum Gasteiger partial charge on any atom is -0.497 e. The van der Waals surface area contributed by atoms with E-state index in [1.54, 1.807) is 25.3 Å². The van der Waals surface area contributed by atoms with Gasteiger partial charge < -0.3 is 10.1 Å². The van der Waals surface area contributed by atoms with Gasteiger partial charge in [-0.15, -0.1) is 0 Å². The van der Waals surface area contributed by atoms with Gasteiger partial charge in [0.1, 0.15) is 11.6 Å². The first-order valence-corrected chi connectivity index (χ1v) is 6.78. The molecule has 2 aromatic rings. The Hall–Kier alpha value is -1.26. The molecule has 0 fully saturated rings. The third-order valence-electron chi connectivity index (χ3n) is 2.66. The number of methoxy groups -OCH3 is 1. The fraction of sp³-hybridized carbons (Fsp3) is 0.143. The molecule has 0 aliphatic heterocycles. The monoisotopic (exact) mass is 343 g/mol. The highest BCUT2D eigenvalue weighted by Crippen LogP contribution is 2.28. The number of hydrogen-bond donors (Lipinski definition) is 1. The topological polar surface area (TPSA) is 21.3 Å². The van der Waals surface area contributed by atoms with Crippen LogP contribution in [0.3, 0.4) is 0 Å². The Morgan fingerprint density at radius 3 is 2.74 bits per heavy atom. The van der Waals surface area contributed by atoms with Crippen molar-refractivity contribution in [3.8, 4) is 5.75 Å². The molecule has 0 amide bonds. The summed E-state index contributed by atoms with van der Waals surface area (Å²) in [5.41, 5.74) is 1.72. The van der Waals surface area contributed by atoms with Gasteiger partial charge in [-0.05, 0) is 29.8 Å². The van der Waals surface area contributed by atoms with Gasteiger partial charge in [0.05, 0.1) is 17.8 Å². The molecule has 0 aromatic heterocycles. The van der Waals surface area contributed by atoms with Crippen LogP contribution >= 0.6 is 27.5 Å². The molecule has 0 radical (unpaired) electrons. The molecule has 0 atom stereocenters. The first-order valence-electron chi connectivity index (χ1n) is 5.61. The summed E-state index contributed by atoms with van der Waals surface area (Å²) in [5.74, 6) is 0.458. The average Bonchev–Trinajstić information content (AvgIpc) is 2.39. The normalized spacial score (nSPS) is 10.3. The predicted molar refractivity (Wildman–Crippen MR) is 79.4 cm³/mol. The fourth-order valence-electron chi connectivity index (χ4n) is 1.62. The molecule has 1 N–H and O–H groups in total. The number of nitrogens with one attached hydrogen (secondary N) is 1. The molecule has 2 rings (SSSR count). The Balaban J connectivity index is 2.14. The summed E-state index contributed by atoms with van der Waals surface area (Å²) in [6, 6.07) is 9.96. The summed E-state index contributed by atoms with van der Waals surface area (Å²) in [6.45, 7) is 0.535. The van der Waals surface area contributed by atoms with Crippen LogP contribution in [-0.2, 0) is 6.54 Å². The van der Waals surface area contributed by atoms with Gasteiger partial charge in [0.2, 0.25) is 0 Å². The largest absolute Gasteiger partial charge is 0.497 e. The molecule has 0 saturated carbocycles. The van der Waals surface area contributed by atoms with E-state index in [1.165, 1.54) is 12.1 Å². The second kappa shape index (κ2) is 6.26. The SMILES string of the molecule is COc1ccc(Cl)c(NCc2ccc(F)cc2Br)c1. The molecule has 19 heavy (non-hydrogen) atoms. The fourth-order valence-corrected chi connectivity index (χ4v) is 2.30. The average molecular weight is 345 g/mol.